The Morgan fingerprint density at radius 1 is 1.50 bits per heavy atom. The van der Waals surface area contributed by atoms with Crippen LogP contribution >= 0.6 is 27.7 Å². The molecule has 0 radical (unpaired) electrons. The van der Waals surface area contributed by atoms with Crippen LogP contribution in [-0.4, -0.2) is 18.4 Å². The lowest BCUT2D eigenvalue weighted by Crippen LogP contribution is -2.35. The van der Waals surface area contributed by atoms with Gasteiger partial charge in [0.15, 0.2) is 0 Å². The zero-order chi connectivity index (χ0) is 11.8. The van der Waals surface area contributed by atoms with E-state index in [2.05, 4.69) is 47.2 Å². The van der Waals surface area contributed by atoms with Crippen molar-refractivity contribution in [2.45, 2.75) is 24.8 Å². The molecule has 1 heterocycles. The van der Waals surface area contributed by atoms with Gasteiger partial charge >= 0.3 is 0 Å². The number of ether oxygens (including phenoxy) is 1. The summed E-state index contributed by atoms with van der Waals surface area (Å²) in [5.74, 6) is 2.02. The molecule has 2 rings (SSSR count). The molecular weight excluding hydrogens is 286 g/mol. The standard InChI is InChI=1S/C12H16BrNOS/c1-12(2)7-16-11(14-12)8-4-5-10(15-3)9(13)6-8/h4-6,11,14H,7H2,1-3H3. The van der Waals surface area contributed by atoms with E-state index < -0.39 is 0 Å². The maximum atomic E-state index is 5.23. The molecule has 1 unspecified atom stereocenters. The van der Waals surface area contributed by atoms with Gasteiger partial charge in [0.05, 0.1) is 17.0 Å². The third-order valence-electron chi connectivity index (χ3n) is 2.61. The Labute approximate surface area is 109 Å². The van der Waals surface area contributed by atoms with Crippen LogP contribution in [0, 0.1) is 0 Å². The maximum absolute atomic E-state index is 5.23. The van der Waals surface area contributed by atoms with E-state index in [9.17, 15) is 0 Å². The summed E-state index contributed by atoms with van der Waals surface area (Å²) in [6.45, 7) is 4.47. The van der Waals surface area contributed by atoms with Gasteiger partial charge in [-0.2, -0.15) is 0 Å². The molecule has 0 saturated carbocycles. The zero-order valence-corrected chi connectivity index (χ0v) is 12.1. The van der Waals surface area contributed by atoms with Gasteiger partial charge in [0.2, 0.25) is 0 Å². The molecule has 0 bridgehead atoms. The van der Waals surface area contributed by atoms with Crippen molar-refractivity contribution >= 4 is 27.7 Å². The zero-order valence-electron chi connectivity index (χ0n) is 9.71. The lowest BCUT2D eigenvalue weighted by molar-refractivity contribution is 0.411. The molecule has 1 aromatic rings. The van der Waals surface area contributed by atoms with Crippen molar-refractivity contribution in [2.24, 2.45) is 0 Å². The number of hydrogen-bond acceptors (Lipinski definition) is 3. The summed E-state index contributed by atoms with van der Waals surface area (Å²) in [4.78, 5) is 0. The monoisotopic (exact) mass is 301 g/mol. The van der Waals surface area contributed by atoms with Gasteiger partial charge in [-0.25, -0.2) is 0 Å². The Hall–Kier alpha value is -0.190. The van der Waals surface area contributed by atoms with E-state index in [1.807, 2.05) is 17.8 Å². The van der Waals surface area contributed by atoms with E-state index >= 15 is 0 Å². The maximum Gasteiger partial charge on any atom is 0.133 e. The highest BCUT2D eigenvalue weighted by atomic mass is 79.9. The van der Waals surface area contributed by atoms with Crippen LogP contribution in [0.2, 0.25) is 0 Å². The Bertz CT molecular complexity index is 395. The molecule has 88 valence electrons. The number of rotatable bonds is 2. The van der Waals surface area contributed by atoms with Crippen molar-refractivity contribution in [3.8, 4) is 5.75 Å². The molecule has 1 fully saturated rings. The first-order chi connectivity index (χ1) is 7.52. The van der Waals surface area contributed by atoms with E-state index in [4.69, 9.17) is 4.74 Å². The summed E-state index contributed by atoms with van der Waals surface area (Å²) in [5, 5.41) is 4.00. The van der Waals surface area contributed by atoms with Gasteiger partial charge in [-0.3, -0.25) is 5.32 Å². The van der Waals surface area contributed by atoms with Crippen molar-refractivity contribution < 1.29 is 4.74 Å². The Kier molecular flexibility index (Phi) is 3.52. The van der Waals surface area contributed by atoms with Crippen LogP contribution in [0.25, 0.3) is 0 Å². The Morgan fingerprint density at radius 2 is 2.25 bits per heavy atom. The number of thioether (sulfide) groups is 1. The first-order valence-corrected chi connectivity index (χ1v) is 7.09. The van der Waals surface area contributed by atoms with Gasteiger partial charge in [0.25, 0.3) is 0 Å². The predicted octanol–water partition coefficient (Wildman–Crippen LogP) is 3.57. The van der Waals surface area contributed by atoms with E-state index in [0.717, 1.165) is 16.0 Å². The van der Waals surface area contributed by atoms with Crippen molar-refractivity contribution in [1.82, 2.24) is 5.32 Å². The molecule has 1 aromatic carbocycles. The minimum atomic E-state index is 0.224. The largest absolute Gasteiger partial charge is 0.496 e. The second-order valence-electron chi connectivity index (χ2n) is 4.61. The highest BCUT2D eigenvalue weighted by Crippen LogP contribution is 2.39. The molecule has 0 amide bonds. The second kappa shape index (κ2) is 4.59. The fraction of sp³-hybridized carbons (Fsp3) is 0.500. The molecule has 2 nitrogen and oxygen atoms in total. The normalized spacial score (nSPS) is 23.4. The van der Waals surface area contributed by atoms with E-state index in [1.54, 1.807) is 7.11 Å². The predicted molar refractivity (Wildman–Crippen MR) is 73.1 cm³/mol. The van der Waals surface area contributed by atoms with Gasteiger partial charge in [0.1, 0.15) is 5.75 Å². The quantitative estimate of drug-likeness (QED) is 0.902. The molecule has 0 aliphatic carbocycles. The average Bonchev–Trinajstić information content (AvgIpc) is 2.59. The Balaban J connectivity index is 2.20. The van der Waals surface area contributed by atoms with Crippen molar-refractivity contribution in [1.29, 1.82) is 0 Å². The summed E-state index contributed by atoms with van der Waals surface area (Å²) in [7, 11) is 1.69. The number of benzene rings is 1. The lowest BCUT2D eigenvalue weighted by Gasteiger charge is -2.19. The summed E-state index contributed by atoms with van der Waals surface area (Å²) >= 11 is 5.47. The fourth-order valence-electron chi connectivity index (χ4n) is 1.76. The fourth-order valence-corrected chi connectivity index (χ4v) is 3.72. The Morgan fingerprint density at radius 3 is 2.75 bits per heavy atom. The second-order valence-corrected chi connectivity index (χ2v) is 6.56. The molecule has 1 atom stereocenters. The molecule has 4 heteroatoms. The first-order valence-electron chi connectivity index (χ1n) is 5.24. The minimum absolute atomic E-state index is 0.224. The van der Waals surface area contributed by atoms with Crippen LogP contribution < -0.4 is 10.1 Å². The molecular formula is C12H16BrNOS. The summed E-state index contributed by atoms with van der Waals surface area (Å²) in [5.41, 5.74) is 1.52. The topological polar surface area (TPSA) is 21.3 Å². The number of nitrogens with one attached hydrogen (secondary N) is 1. The van der Waals surface area contributed by atoms with Crippen LogP contribution in [-0.2, 0) is 0 Å². The van der Waals surface area contributed by atoms with Crippen LogP contribution in [0.4, 0.5) is 0 Å². The van der Waals surface area contributed by atoms with Crippen LogP contribution in [0.15, 0.2) is 22.7 Å². The highest BCUT2D eigenvalue weighted by molar-refractivity contribution is 9.10. The number of halogens is 1. The lowest BCUT2D eigenvalue weighted by atomic mass is 10.1. The number of methoxy groups -OCH3 is 1. The van der Waals surface area contributed by atoms with Crippen LogP contribution in [0.5, 0.6) is 5.75 Å². The minimum Gasteiger partial charge on any atom is -0.496 e. The third-order valence-corrected chi connectivity index (χ3v) is 4.84. The smallest absolute Gasteiger partial charge is 0.133 e. The molecule has 1 saturated heterocycles. The van der Waals surface area contributed by atoms with Crippen molar-refractivity contribution in [3.05, 3.63) is 28.2 Å². The molecule has 1 aliphatic rings. The third kappa shape index (κ3) is 2.55. The van der Waals surface area contributed by atoms with Gasteiger partial charge < -0.3 is 4.74 Å². The SMILES string of the molecule is COc1ccc(C2NC(C)(C)CS2)cc1Br. The first kappa shape index (κ1) is 12.3. The van der Waals surface area contributed by atoms with Gasteiger partial charge in [-0.15, -0.1) is 11.8 Å². The summed E-state index contributed by atoms with van der Waals surface area (Å²) in [6, 6.07) is 6.26. The molecule has 16 heavy (non-hydrogen) atoms. The van der Waals surface area contributed by atoms with Crippen molar-refractivity contribution in [3.63, 3.8) is 0 Å². The van der Waals surface area contributed by atoms with Gasteiger partial charge in [0, 0.05) is 11.3 Å². The summed E-state index contributed by atoms with van der Waals surface area (Å²) < 4.78 is 6.24. The van der Waals surface area contributed by atoms with Crippen LogP contribution in [0.1, 0.15) is 24.8 Å². The van der Waals surface area contributed by atoms with E-state index in [1.165, 1.54) is 5.56 Å². The molecule has 1 aliphatic heterocycles. The molecule has 0 spiro atoms. The van der Waals surface area contributed by atoms with Gasteiger partial charge in [-0.05, 0) is 47.5 Å². The van der Waals surface area contributed by atoms with Gasteiger partial charge in [-0.1, -0.05) is 6.07 Å². The molecule has 1 N–H and O–H groups in total. The molecule has 0 aromatic heterocycles. The average molecular weight is 302 g/mol. The van der Waals surface area contributed by atoms with Crippen molar-refractivity contribution in [2.75, 3.05) is 12.9 Å². The van der Waals surface area contributed by atoms with E-state index in [-0.39, 0.29) is 5.54 Å². The van der Waals surface area contributed by atoms with Crippen LogP contribution in [0.3, 0.4) is 0 Å². The number of hydrogen-bond donors (Lipinski definition) is 1. The van der Waals surface area contributed by atoms with E-state index in [0.29, 0.717) is 5.37 Å². The highest BCUT2D eigenvalue weighted by Gasteiger charge is 2.31. The summed E-state index contributed by atoms with van der Waals surface area (Å²) in [6.07, 6.45) is 0.